The zero-order chi connectivity index (χ0) is 16.1. The summed E-state index contributed by atoms with van der Waals surface area (Å²) in [6.07, 6.45) is 1.43. The van der Waals surface area contributed by atoms with Crippen molar-refractivity contribution in [1.29, 1.82) is 0 Å². The third-order valence-electron chi connectivity index (χ3n) is 3.21. The van der Waals surface area contributed by atoms with Gasteiger partial charge in [0.2, 0.25) is 0 Å². The molecule has 1 aromatic heterocycles. The smallest absolute Gasteiger partial charge is 0.270 e. The van der Waals surface area contributed by atoms with Crippen LogP contribution < -0.4 is 10.2 Å². The maximum Gasteiger partial charge on any atom is 0.270 e. The first kappa shape index (κ1) is 15.9. The summed E-state index contributed by atoms with van der Waals surface area (Å²) in [6, 6.07) is 10.00. The largest absolute Gasteiger partial charge is 0.349 e. The van der Waals surface area contributed by atoms with Crippen LogP contribution >= 0.6 is 0 Å². The van der Waals surface area contributed by atoms with Crippen LogP contribution in [-0.4, -0.2) is 28.5 Å². The van der Waals surface area contributed by atoms with Crippen molar-refractivity contribution < 1.29 is 4.79 Å². The molecule has 5 nitrogen and oxygen atoms in total. The molecule has 1 aromatic carbocycles. The fourth-order valence-electron chi connectivity index (χ4n) is 2.23. The average molecular weight is 298 g/mol. The molecule has 0 unspecified atom stereocenters. The molecule has 0 saturated heterocycles. The Balaban J connectivity index is 2.32. The van der Waals surface area contributed by atoms with E-state index in [0.717, 1.165) is 18.1 Å². The molecule has 0 atom stereocenters. The van der Waals surface area contributed by atoms with Crippen molar-refractivity contribution in [2.45, 2.75) is 33.7 Å². The van der Waals surface area contributed by atoms with E-state index in [4.69, 9.17) is 0 Å². The van der Waals surface area contributed by atoms with Crippen molar-refractivity contribution in [1.82, 2.24) is 15.3 Å². The number of anilines is 2. The molecule has 0 bridgehead atoms. The zero-order valence-electron chi connectivity index (χ0n) is 13.5. The lowest BCUT2D eigenvalue weighted by Gasteiger charge is -2.22. The highest BCUT2D eigenvalue weighted by atomic mass is 16.1. The Morgan fingerprint density at radius 3 is 2.68 bits per heavy atom. The number of carbonyl (C=O) groups excluding carboxylic acids is 1. The molecule has 2 rings (SSSR count). The second kappa shape index (κ2) is 7.02. The minimum Gasteiger partial charge on any atom is -0.349 e. The monoisotopic (exact) mass is 298 g/mol. The number of hydrogen-bond acceptors (Lipinski definition) is 4. The lowest BCUT2D eigenvalue weighted by molar-refractivity contribution is 0.0938. The molecular weight excluding hydrogens is 276 g/mol. The first-order valence-electron chi connectivity index (χ1n) is 7.48. The Morgan fingerprint density at radius 2 is 2.05 bits per heavy atom. The number of aryl methyl sites for hydroxylation is 1. The van der Waals surface area contributed by atoms with E-state index in [2.05, 4.69) is 46.2 Å². The summed E-state index contributed by atoms with van der Waals surface area (Å²) in [7, 11) is 0. The standard InChI is InChI=1S/C17H22N4O/c1-5-21(14-8-6-7-13(4)9-14)16-10-15(18-11-19-16)17(22)20-12(2)3/h6-12H,5H2,1-4H3,(H,20,22). The van der Waals surface area contributed by atoms with Crippen LogP contribution in [0.2, 0.25) is 0 Å². The van der Waals surface area contributed by atoms with Gasteiger partial charge < -0.3 is 10.2 Å². The molecule has 0 saturated carbocycles. The van der Waals surface area contributed by atoms with E-state index in [-0.39, 0.29) is 11.9 Å². The summed E-state index contributed by atoms with van der Waals surface area (Å²) in [4.78, 5) is 22.5. The zero-order valence-corrected chi connectivity index (χ0v) is 13.5. The van der Waals surface area contributed by atoms with E-state index in [1.165, 1.54) is 11.9 Å². The Kier molecular flexibility index (Phi) is 5.09. The van der Waals surface area contributed by atoms with Crippen molar-refractivity contribution in [3.8, 4) is 0 Å². The van der Waals surface area contributed by atoms with Gasteiger partial charge in [-0.05, 0) is 45.4 Å². The molecule has 0 aliphatic heterocycles. The van der Waals surface area contributed by atoms with Crippen molar-refractivity contribution in [2.75, 3.05) is 11.4 Å². The van der Waals surface area contributed by atoms with Crippen molar-refractivity contribution in [3.05, 3.63) is 47.9 Å². The third kappa shape index (κ3) is 3.81. The van der Waals surface area contributed by atoms with Crippen LogP contribution in [0.3, 0.4) is 0 Å². The highest BCUT2D eigenvalue weighted by Gasteiger charge is 2.14. The first-order chi connectivity index (χ1) is 10.5. The van der Waals surface area contributed by atoms with Crippen molar-refractivity contribution >= 4 is 17.4 Å². The van der Waals surface area contributed by atoms with Crippen LogP contribution in [0.15, 0.2) is 36.7 Å². The fraction of sp³-hybridized carbons (Fsp3) is 0.353. The van der Waals surface area contributed by atoms with E-state index >= 15 is 0 Å². The van der Waals surface area contributed by atoms with Gasteiger partial charge in [0.05, 0.1) is 0 Å². The molecule has 0 aliphatic carbocycles. The number of nitrogens with zero attached hydrogens (tertiary/aromatic N) is 3. The molecule has 116 valence electrons. The summed E-state index contributed by atoms with van der Waals surface area (Å²) in [6.45, 7) is 8.71. The Bertz CT molecular complexity index is 655. The number of carbonyl (C=O) groups is 1. The normalized spacial score (nSPS) is 10.6. The van der Waals surface area contributed by atoms with Gasteiger partial charge in [0.25, 0.3) is 5.91 Å². The van der Waals surface area contributed by atoms with Crippen molar-refractivity contribution in [2.24, 2.45) is 0 Å². The van der Waals surface area contributed by atoms with Crippen LogP contribution in [0.4, 0.5) is 11.5 Å². The summed E-state index contributed by atoms with van der Waals surface area (Å²) in [5.74, 6) is 0.538. The average Bonchev–Trinajstić information content (AvgIpc) is 2.48. The fourth-order valence-corrected chi connectivity index (χ4v) is 2.23. The molecular formula is C17H22N4O. The van der Waals surface area contributed by atoms with E-state index in [1.807, 2.05) is 26.0 Å². The number of aromatic nitrogens is 2. The summed E-state index contributed by atoms with van der Waals surface area (Å²) >= 11 is 0. The number of hydrogen-bond donors (Lipinski definition) is 1. The lowest BCUT2D eigenvalue weighted by Crippen LogP contribution is -2.31. The number of benzene rings is 1. The van der Waals surface area contributed by atoms with Crippen LogP contribution in [0.25, 0.3) is 0 Å². The molecule has 1 amide bonds. The van der Waals surface area contributed by atoms with Crippen LogP contribution in [0, 0.1) is 6.92 Å². The van der Waals surface area contributed by atoms with E-state index in [9.17, 15) is 4.79 Å². The Hall–Kier alpha value is -2.43. The Morgan fingerprint density at radius 1 is 1.27 bits per heavy atom. The van der Waals surface area contributed by atoms with Crippen LogP contribution in [0.1, 0.15) is 36.8 Å². The van der Waals surface area contributed by atoms with Gasteiger partial charge in [0.15, 0.2) is 0 Å². The van der Waals surface area contributed by atoms with Gasteiger partial charge >= 0.3 is 0 Å². The molecule has 0 aliphatic rings. The Labute approximate surface area is 131 Å². The van der Waals surface area contributed by atoms with Gasteiger partial charge in [0.1, 0.15) is 17.8 Å². The van der Waals surface area contributed by atoms with Gasteiger partial charge in [-0.15, -0.1) is 0 Å². The molecule has 0 spiro atoms. The topological polar surface area (TPSA) is 58.1 Å². The summed E-state index contributed by atoms with van der Waals surface area (Å²) in [5.41, 5.74) is 2.61. The van der Waals surface area contributed by atoms with E-state index in [1.54, 1.807) is 6.07 Å². The number of amides is 1. The second-order valence-corrected chi connectivity index (χ2v) is 5.47. The first-order valence-corrected chi connectivity index (χ1v) is 7.48. The van der Waals surface area contributed by atoms with Gasteiger partial charge in [-0.2, -0.15) is 0 Å². The maximum absolute atomic E-state index is 12.1. The predicted molar refractivity (Wildman–Crippen MR) is 88.5 cm³/mol. The van der Waals surface area contributed by atoms with Gasteiger partial charge in [-0.1, -0.05) is 12.1 Å². The molecule has 1 N–H and O–H groups in total. The number of nitrogens with one attached hydrogen (secondary N) is 1. The molecule has 0 radical (unpaired) electrons. The summed E-state index contributed by atoms with van der Waals surface area (Å²) in [5, 5.41) is 2.84. The molecule has 0 fully saturated rings. The van der Waals surface area contributed by atoms with Crippen LogP contribution in [0.5, 0.6) is 0 Å². The summed E-state index contributed by atoms with van der Waals surface area (Å²) < 4.78 is 0. The minimum atomic E-state index is -0.182. The predicted octanol–water partition coefficient (Wildman–Crippen LogP) is 3.08. The van der Waals surface area contributed by atoms with Gasteiger partial charge in [-0.25, -0.2) is 9.97 Å². The minimum absolute atomic E-state index is 0.0740. The van der Waals surface area contributed by atoms with E-state index < -0.39 is 0 Å². The van der Waals surface area contributed by atoms with E-state index in [0.29, 0.717) is 5.69 Å². The maximum atomic E-state index is 12.1. The lowest BCUT2D eigenvalue weighted by atomic mass is 10.2. The van der Waals surface area contributed by atoms with Crippen molar-refractivity contribution in [3.63, 3.8) is 0 Å². The second-order valence-electron chi connectivity index (χ2n) is 5.47. The molecule has 22 heavy (non-hydrogen) atoms. The number of rotatable bonds is 5. The van der Waals surface area contributed by atoms with Gasteiger partial charge in [0, 0.05) is 24.3 Å². The molecule has 5 heteroatoms. The third-order valence-corrected chi connectivity index (χ3v) is 3.21. The van der Waals surface area contributed by atoms with Gasteiger partial charge in [-0.3, -0.25) is 4.79 Å². The highest BCUT2D eigenvalue weighted by Crippen LogP contribution is 2.24. The molecule has 2 aromatic rings. The highest BCUT2D eigenvalue weighted by molar-refractivity contribution is 5.93. The molecule has 1 heterocycles. The SMILES string of the molecule is CCN(c1cccc(C)c1)c1cc(C(=O)NC(C)C)ncn1. The van der Waals surface area contributed by atoms with Crippen LogP contribution in [-0.2, 0) is 0 Å². The quantitative estimate of drug-likeness (QED) is 0.921.